The molecule has 3 rings (SSSR count). The van der Waals surface area contributed by atoms with E-state index in [9.17, 15) is 4.79 Å². The van der Waals surface area contributed by atoms with Crippen molar-refractivity contribution in [2.45, 2.75) is 13.1 Å². The minimum atomic E-state index is -0.0850. The van der Waals surface area contributed by atoms with Gasteiger partial charge in [-0.05, 0) is 17.2 Å². The van der Waals surface area contributed by atoms with Crippen molar-refractivity contribution < 1.29 is 14.3 Å². The Hall–Kier alpha value is -2.56. The maximum atomic E-state index is 12.7. The van der Waals surface area contributed by atoms with Crippen LogP contribution in [0.3, 0.4) is 0 Å². The summed E-state index contributed by atoms with van der Waals surface area (Å²) in [6, 6.07) is 11.4. The number of benzene rings is 1. The van der Waals surface area contributed by atoms with E-state index in [4.69, 9.17) is 9.47 Å². The van der Waals surface area contributed by atoms with Crippen LogP contribution in [0, 0.1) is 0 Å². The molecule has 5 nitrogen and oxygen atoms in total. The summed E-state index contributed by atoms with van der Waals surface area (Å²) < 4.78 is 10.3. The van der Waals surface area contributed by atoms with Crippen molar-refractivity contribution in [1.29, 1.82) is 0 Å². The number of hydrogen-bond acceptors (Lipinski definition) is 4. The molecule has 0 N–H and O–H groups in total. The molecule has 0 bridgehead atoms. The van der Waals surface area contributed by atoms with Gasteiger partial charge in [-0.25, -0.2) is 0 Å². The molecule has 0 saturated carbocycles. The summed E-state index contributed by atoms with van der Waals surface area (Å²) in [4.78, 5) is 18.6. The molecule has 2 aromatic rings. The van der Waals surface area contributed by atoms with Gasteiger partial charge in [0.1, 0.15) is 5.56 Å². The zero-order chi connectivity index (χ0) is 14.8. The Morgan fingerprint density at radius 3 is 2.29 bits per heavy atom. The van der Waals surface area contributed by atoms with E-state index in [-0.39, 0.29) is 11.8 Å². The fourth-order valence-electron chi connectivity index (χ4n) is 2.50. The van der Waals surface area contributed by atoms with Gasteiger partial charge in [0.05, 0.1) is 14.2 Å². The van der Waals surface area contributed by atoms with Crippen LogP contribution in [0.2, 0.25) is 0 Å². The van der Waals surface area contributed by atoms with Gasteiger partial charge in [-0.1, -0.05) is 24.3 Å². The molecule has 0 aliphatic carbocycles. The molecule has 1 aliphatic heterocycles. The number of nitrogens with zero attached hydrogens (tertiary/aromatic N) is 2. The highest BCUT2D eigenvalue weighted by Crippen LogP contribution is 2.27. The van der Waals surface area contributed by atoms with Crippen molar-refractivity contribution in [3.8, 4) is 11.8 Å². The molecule has 1 amide bonds. The molecule has 0 unspecified atom stereocenters. The van der Waals surface area contributed by atoms with Crippen LogP contribution in [-0.2, 0) is 13.1 Å². The monoisotopic (exact) mass is 284 g/mol. The van der Waals surface area contributed by atoms with Crippen molar-refractivity contribution in [3.63, 3.8) is 0 Å². The standard InChI is InChI=1S/C16H16N2O3/c1-20-14-8-7-13(15(17-14)21-2)16(19)18-9-11-5-3-4-6-12(11)10-18/h3-8H,9-10H2,1-2H3. The van der Waals surface area contributed by atoms with E-state index in [0.717, 1.165) is 0 Å². The molecule has 108 valence electrons. The van der Waals surface area contributed by atoms with E-state index in [1.807, 2.05) is 24.3 Å². The lowest BCUT2D eigenvalue weighted by Gasteiger charge is -2.17. The van der Waals surface area contributed by atoms with Crippen molar-refractivity contribution in [2.24, 2.45) is 0 Å². The molecule has 21 heavy (non-hydrogen) atoms. The van der Waals surface area contributed by atoms with Crippen LogP contribution in [0.4, 0.5) is 0 Å². The topological polar surface area (TPSA) is 51.7 Å². The number of carbonyl (C=O) groups excluding carboxylic acids is 1. The summed E-state index contributed by atoms with van der Waals surface area (Å²) in [5, 5.41) is 0. The lowest BCUT2D eigenvalue weighted by atomic mass is 10.1. The normalized spacial score (nSPS) is 13.0. The Bertz CT molecular complexity index is 660. The largest absolute Gasteiger partial charge is 0.481 e. The van der Waals surface area contributed by atoms with Crippen molar-refractivity contribution in [1.82, 2.24) is 9.88 Å². The number of aromatic nitrogens is 1. The molecule has 1 aliphatic rings. The molecule has 5 heteroatoms. The molecule has 2 heterocycles. The predicted molar refractivity (Wildman–Crippen MR) is 77.4 cm³/mol. The second kappa shape index (κ2) is 5.44. The first-order valence-electron chi connectivity index (χ1n) is 6.68. The highest BCUT2D eigenvalue weighted by Gasteiger charge is 2.26. The van der Waals surface area contributed by atoms with Crippen LogP contribution in [0.5, 0.6) is 11.8 Å². The van der Waals surface area contributed by atoms with Crippen LogP contribution in [-0.4, -0.2) is 30.0 Å². The van der Waals surface area contributed by atoms with E-state index < -0.39 is 0 Å². The molecular weight excluding hydrogens is 268 g/mol. The quantitative estimate of drug-likeness (QED) is 0.867. The minimum Gasteiger partial charge on any atom is -0.481 e. The zero-order valence-corrected chi connectivity index (χ0v) is 12.0. The zero-order valence-electron chi connectivity index (χ0n) is 12.0. The van der Waals surface area contributed by atoms with E-state index in [0.29, 0.717) is 24.5 Å². The van der Waals surface area contributed by atoms with Crippen LogP contribution in [0.15, 0.2) is 36.4 Å². The lowest BCUT2D eigenvalue weighted by Crippen LogP contribution is -2.26. The van der Waals surface area contributed by atoms with Gasteiger partial charge in [0.15, 0.2) is 0 Å². The van der Waals surface area contributed by atoms with Crippen molar-refractivity contribution in [2.75, 3.05) is 14.2 Å². The molecule has 0 fully saturated rings. The Labute approximate surface area is 123 Å². The van der Waals surface area contributed by atoms with Gasteiger partial charge in [0, 0.05) is 19.2 Å². The lowest BCUT2D eigenvalue weighted by molar-refractivity contribution is 0.0747. The molecule has 0 spiro atoms. The Morgan fingerprint density at radius 1 is 1.05 bits per heavy atom. The van der Waals surface area contributed by atoms with Crippen LogP contribution in [0.25, 0.3) is 0 Å². The highest BCUT2D eigenvalue weighted by atomic mass is 16.5. The predicted octanol–water partition coefficient (Wildman–Crippen LogP) is 2.25. The number of rotatable bonds is 3. The number of fused-ring (bicyclic) bond motifs is 1. The van der Waals surface area contributed by atoms with Gasteiger partial charge in [-0.15, -0.1) is 0 Å². The van der Waals surface area contributed by atoms with Gasteiger partial charge in [0.2, 0.25) is 11.8 Å². The third-order valence-electron chi connectivity index (χ3n) is 3.60. The summed E-state index contributed by atoms with van der Waals surface area (Å²) >= 11 is 0. The van der Waals surface area contributed by atoms with Gasteiger partial charge in [0.25, 0.3) is 5.91 Å². The van der Waals surface area contributed by atoms with E-state index >= 15 is 0 Å². The molecule has 1 aromatic carbocycles. The molecule has 0 radical (unpaired) electrons. The number of pyridine rings is 1. The van der Waals surface area contributed by atoms with E-state index in [1.165, 1.54) is 25.3 Å². The molecule has 1 aromatic heterocycles. The summed E-state index contributed by atoms with van der Waals surface area (Å²) in [7, 11) is 3.03. The first kappa shape index (κ1) is 13.4. The molecule has 0 atom stereocenters. The molecule has 0 saturated heterocycles. The second-order valence-electron chi connectivity index (χ2n) is 4.84. The van der Waals surface area contributed by atoms with Crippen molar-refractivity contribution in [3.05, 3.63) is 53.1 Å². The average Bonchev–Trinajstić information content (AvgIpc) is 2.97. The third-order valence-corrected chi connectivity index (χ3v) is 3.60. The van der Waals surface area contributed by atoms with Gasteiger partial charge in [-0.3, -0.25) is 4.79 Å². The highest BCUT2D eigenvalue weighted by molar-refractivity contribution is 5.96. The minimum absolute atomic E-state index is 0.0850. The summed E-state index contributed by atoms with van der Waals surface area (Å²) in [6.07, 6.45) is 0. The van der Waals surface area contributed by atoms with Gasteiger partial charge in [-0.2, -0.15) is 4.98 Å². The second-order valence-corrected chi connectivity index (χ2v) is 4.84. The Balaban J connectivity index is 1.87. The van der Waals surface area contributed by atoms with Crippen molar-refractivity contribution >= 4 is 5.91 Å². The SMILES string of the molecule is COc1ccc(C(=O)N2Cc3ccccc3C2)c(OC)n1. The summed E-state index contributed by atoms with van der Waals surface area (Å²) in [5.41, 5.74) is 2.82. The Kier molecular flexibility index (Phi) is 3.48. The fraction of sp³-hybridized carbons (Fsp3) is 0.250. The average molecular weight is 284 g/mol. The van der Waals surface area contributed by atoms with Crippen LogP contribution < -0.4 is 9.47 Å². The van der Waals surface area contributed by atoms with Crippen LogP contribution in [0.1, 0.15) is 21.5 Å². The smallest absolute Gasteiger partial charge is 0.259 e. The maximum absolute atomic E-state index is 12.7. The van der Waals surface area contributed by atoms with E-state index in [1.54, 1.807) is 17.0 Å². The van der Waals surface area contributed by atoms with Gasteiger partial charge < -0.3 is 14.4 Å². The number of ether oxygens (including phenoxy) is 2. The third kappa shape index (κ3) is 2.42. The number of hydrogen-bond donors (Lipinski definition) is 0. The van der Waals surface area contributed by atoms with Crippen LogP contribution >= 0.6 is 0 Å². The summed E-state index contributed by atoms with van der Waals surface area (Å²) in [5.74, 6) is 0.626. The fourth-order valence-corrected chi connectivity index (χ4v) is 2.50. The number of amides is 1. The first-order chi connectivity index (χ1) is 10.2. The number of carbonyl (C=O) groups is 1. The summed E-state index contributed by atoms with van der Waals surface area (Å²) in [6.45, 7) is 1.23. The number of methoxy groups -OCH3 is 2. The van der Waals surface area contributed by atoms with Gasteiger partial charge >= 0.3 is 0 Å². The van der Waals surface area contributed by atoms with E-state index in [2.05, 4.69) is 4.98 Å². The molecular formula is C16H16N2O3. The first-order valence-corrected chi connectivity index (χ1v) is 6.68. The Morgan fingerprint density at radius 2 is 1.71 bits per heavy atom. The maximum Gasteiger partial charge on any atom is 0.259 e.